The number of amides is 1. The molecule has 1 fully saturated rings. The largest absolute Gasteiger partial charge is 0.371 e. The van der Waals surface area contributed by atoms with E-state index < -0.39 is 10.0 Å². The Morgan fingerprint density at radius 2 is 1.81 bits per heavy atom. The molecule has 1 aliphatic heterocycles. The molecule has 1 heterocycles. The highest BCUT2D eigenvalue weighted by Crippen LogP contribution is 2.27. The van der Waals surface area contributed by atoms with E-state index in [2.05, 4.69) is 10.2 Å². The van der Waals surface area contributed by atoms with Crippen LogP contribution in [0.25, 0.3) is 0 Å². The molecular weight excluding hydrogens is 411 g/mol. The maximum absolute atomic E-state index is 12.6. The minimum Gasteiger partial charge on any atom is -0.371 e. The van der Waals surface area contributed by atoms with E-state index in [0.717, 1.165) is 35.9 Å². The number of carbonyl (C=O) groups is 1. The summed E-state index contributed by atoms with van der Waals surface area (Å²) in [4.78, 5) is 14.9. The average Bonchev–Trinajstić information content (AvgIpc) is 2.62. The zero-order valence-corrected chi connectivity index (χ0v) is 18.3. The summed E-state index contributed by atoms with van der Waals surface area (Å²) in [6.45, 7) is 2.72. The molecule has 1 aliphatic rings. The summed E-state index contributed by atoms with van der Waals surface area (Å²) >= 11 is 0. The molecule has 156 valence electrons. The fourth-order valence-corrected chi connectivity index (χ4v) is 3.81. The zero-order valence-electron chi connectivity index (χ0n) is 15.8. The molecule has 0 atom stereocenters. The first-order chi connectivity index (χ1) is 11.9. The Hall–Kier alpha value is -1.06. The second-order valence-corrected chi connectivity index (χ2v) is 8.56. The summed E-state index contributed by atoms with van der Waals surface area (Å²) in [6.07, 6.45) is 4.01. The molecule has 1 saturated heterocycles. The molecule has 0 radical (unpaired) electrons. The van der Waals surface area contributed by atoms with Crippen LogP contribution >= 0.6 is 24.8 Å². The van der Waals surface area contributed by atoms with Gasteiger partial charge in [0.05, 0.1) is 10.5 Å². The fraction of sp³-hybridized carbons (Fsp3) is 0.588. The Bertz CT molecular complexity index is 708. The number of benzene rings is 1. The highest BCUT2D eigenvalue weighted by atomic mass is 35.5. The maximum atomic E-state index is 12.6. The van der Waals surface area contributed by atoms with Crippen LogP contribution in [-0.4, -0.2) is 58.9 Å². The van der Waals surface area contributed by atoms with Gasteiger partial charge in [-0.05, 0) is 50.4 Å². The number of nitrogens with one attached hydrogen (secondary N) is 1. The SMILES string of the molecule is CN(C)S(=O)(=O)c1ccc(N2CCCCC2)c(C(=O)NCCCN)c1.Cl.Cl. The summed E-state index contributed by atoms with van der Waals surface area (Å²) in [5.41, 5.74) is 6.67. The Morgan fingerprint density at radius 3 is 2.37 bits per heavy atom. The van der Waals surface area contributed by atoms with Gasteiger partial charge in [0, 0.05) is 39.4 Å². The van der Waals surface area contributed by atoms with Gasteiger partial charge in [-0.25, -0.2) is 12.7 Å². The first-order valence-corrected chi connectivity index (χ1v) is 10.1. The molecule has 1 aromatic rings. The van der Waals surface area contributed by atoms with Crippen molar-refractivity contribution in [2.75, 3.05) is 45.2 Å². The smallest absolute Gasteiger partial charge is 0.253 e. The molecule has 0 aliphatic carbocycles. The van der Waals surface area contributed by atoms with E-state index in [1.807, 2.05) is 0 Å². The van der Waals surface area contributed by atoms with Crippen LogP contribution in [0.5, 0.6) is 0 Å². The minimum absolute atomic E-state index is 0. The normalized spacial score (nSPS) is 14.3. The molecule has 3 N–H and O–H groups in total. The molecular formula is C17H30Cl2N4O3S. The summed E-state index contributed by atoms with van der Waals surface area (Å²) < 4.78 is 26.0. The molecule has 1 amide bonds. The minimum atomic E-state index is -3.59. The maximum Gasteiger partial charge on any atom is 0.253 e. The van der Waals surface area contributed by atoms with E-state index in [9.17, 15) is 13.2 Å². The number of rotatable bonds is 7. The van der Waals surface area contributed by atoms with Gasteiger partial charge in [0.2, 0.25) is 10.0 Å². The van der Waals surface area contributed by atoms with Gasteiger partial charge in [-0.1, -0.05) is 0 Å². The molecule has 7 nitrogen and oxygen atoms in total. The lowest BCUT2D eigenvalue weighted by atomic mass is 10.1. The van der Waals surface area contributed by atoms with Gasteiger partial charge in [0.25, 0.3) is 5.91 Å². The topological polar surface area (TPSA) is 95.7 Å². The zero-order chi connectivity index (χ0) is 18.4. The summed E-state index contributed by atoms with van der Waals surface area (Å²) in [5, 5.41) is 2.83. The standard InChI is InChI=1S/C17H28N4O3S.2ClH/c1-20(2)25(23,24)14-7-8-16(21-11-4-3-5-12-21)15(13-14)17(22)19-10-6-9-18;;/h7-8,13H,3-6,9-12,18H2,1-2H3,(H,19,22);2*1H. The number of hydrogen-bond donors (Lipinski definition) is 2. The van der Waals surface area contributed by atoms with Crippen molar-refractivity contribution in [3.8, 4) is 0 Å². The quantitative estimate of drug-likeness (QED) is 0.630. The lowest BCUT2D eigenvalue weighted by Crippen LogP contribution is -2.33. The van der Waals surface area contributed by atoms with E-state index in [4.69, 9.17) is 5.73 Å². The van der Waals surface area contributed by atoms with Gasteiger partial charge in [0.15, 0.2) is 0 Å². The molecule has 0 spiro atoms. The number of nitrogens with two attached hydrogens (primary N) is 1. The molecule has 0 unspecified atom stereocenters. The number of halogens is 2. The molecule has 0 aromatic heterocycles. The van der Waals surface area contributed by atoms with E-state index in [0.29, 0.717) is 25.1 Å². The van der Waals surface area contributed by atoms with Crippen LogP contribution < -0.4 is 16.0 Å². The Balaban J connectivity index is 0.00000338. The van der Waals surface area contributed by atoms with Gasteiger partial charge < -0.3 is 16.0 Å². The monoisotopic (exact) mass is 440 g/mol. The molecule has 10 heteroatoms. The number of hydrogen-bond acceptors (Lipinski definition) is 5. The second kappa shape index (κ2) is 11.7. The van der Waals surface area contributed by atoms with Gasteiger partial charge in [-0.15, -0.1) is 24.8 Å². The lowest BCUT2D eigenvalue weighted by Gasteiger charge is -2.30. The van der Waals surface area contributed by atoms with Crippen molar-refractivity contribution in [1.29, 1.82) is 0 Å². The van der Waals surface area contributed by atoms with Crippen molar-refractivity contribution >= 4 is 46.4 Å². The third-order valence-electron chi connectivity index (χ3n) is 4.35. The third kappa shape index (κ3) is 6.50. The van der Waals surface area contributed by atoms with Crippen molar-refractivity contribution in [2.24, 2.45) is 5.73 Å². The average molecular weight is 441 g/mol. The molecule has 2 rings (SSSR count). The van der Waals surface area contributed by atoms with E-state index >= 15 is 0 Å². The van der Waals surface area contributed by atoms with Gasteiger partial charge >= 0.3 is 0 Å². The van der Waals surface area contributed by atoms with Gasteiger partial charge in [-0.3, -0.25) is 4.79 Å². The van der Waals surface area contributed by atoms with Crippen LogP contribution in [0, 0.1) is 0 Å². The van der Waals surface area contributed by atoms with E-state index in [-0.39, 0.29) is 35.6 Å². The van der Waals surface area contributed by atoms with Gasteiger partial charge in [-0.2, -0.15) is 0 Å². The third-order valence-corrected chi connectivity index (χ3v) is 6.17. The van der Waals surface area contributed by atoms with Crippen LogP contribution in [0.3, 0.4) is 0 Å². The van der Waals surface area contributed by atoms with Crippen molar-refractivity contribution < 1.29 is 13.2 Å². The number of piperidine rings is 1. The Morgan fingerprint density at radius 1 is 1.19 bits per heavy atom. The highest BCUT2D eigenvalue weighted by molar-refractivity contribution is 7.89. The number of sulfonamides is 1. The van der Waals surface area contributed by atoms with Crippen LogP contribution in [0.2, 0.25) is 0 Å². The Kier molecular flexibility index (Phi) is 11.2. The van der Waals surface area contributed by atoms with Crippen LogP contribution in [0.15, 0.2) is 23.1 Å². The van der Waals surface area contributed by atoms with Crippen molar-refractivity contribution in [3.63, 3.8) is 0 Å². The molecule has 0 bridgehead atoms. The number of anilines is 1. The van der Waals surface area contributed by atoms with Gasteiger partial charge in [0.1, 0.15) is 0 Å². The number of nitrogens with zero attached hydrogens (tertiary/aromatic N) is 2. The van der Waals surface area contributed by atoms with Crippen molar-refractivity contribution in [2.45, 2.75) is 30.6 Å². The first-order valence-electron chi connectivity index (χ1n) is 8.67. The fourth-order valence-electron chi connectivity index (χ4n) is 2.88. The van der Waals surface area contributed by atoms with E-state index in [1.165, 1.54) is 26.6 Å². The first kappa shape index (κ1) is 25.9. The summed E-state index contributed by atoms with van der Waals surface area (Å²) in [6, 6.07) is 4.81. The van der Waals surface area contributed by atoms with Crippen molar-refractivity contribution in [3.05, 3.63) is 23.8 Å². The molecule has 27 heavy (non-hydrogen) atoms. The van der Waals surface area contributed by atoms with Crippen molar-refractivity contribution in [1.82, 2.24) is 9.62 Å². The predicted octanol–water partition coefficient (Wildman–Crippen LogP) is 1.85. The second-order valence-electron chi connectivity index (χ2n) is 6.41. The van der Waals surface area contributed by atoms with Crippen LogP contribution in [0.4, 0.5) is 5.69 Å². The molecule has 1 aromatic carbocycles. The van der Waals surface area contributed by atoms with Crippen LogP contribution in [-0.2, 0) is 10.0 Å². The number of carbonyl (C=O) groups excluding carboxylic acids is 1. The summed E-state index contributed by atoms with van der Waals surface area (Å²) in [7, 11) is -0.629. The molecule has 0 saturated carbocycles. The van der Waals surface area contributed by atoms with E-state index in [1.54, 1.807) is 12.1 Å². The lowest BCUT2D eigenvalue weighted by molar-refractivity contribution is 0.0953. The predicted molar refractivity (Wildman–Crippen MR) is 114 cm³/mol. The Labute approximate surface area is 174 Å². The highest BCUT2D eigenvalue weighted by Gasteiger charge is 2.23. The van der Waals surface area contributed by atoms with Crippen LogP contribution in [0.1, 0.15) is 36.0 Å². The summed E-state index contributed by atoms with van der Waals surface area (Å²) in [5.74, 6) is -0.259.